The smallest absolute Gasteiger partial charge is 0.548 e. The number of unbranched alkanes of at least 4 members (excludes halogenated alkanes) is 16. The molecule has 0 rings (SSSR count). The van der Waals surface area contributed by atoms with Crippen molar-refractivity contribution in [2.45, 2.75) is 168 Å². The third kappa shape index (κ3) is 33.2. The molecule has 0 aromatic heterocycles. The van der Waals surface area contributed by atoms with E-state index >= 15 is 0 Å². The minimum absolute atomic E-state index is 0. The van der Waals surface area contributed by atoms with Crippen LogP contribution in [-0.2, 0) is 19.2 Å². The molecule has 224 valence electrons. The first-order valence-electron chi connectivity index (χ1n) is 15.2. The summed E-state index contributed by atoms with van der Waals surface area (Å²) in [6, 6.07) is -1.79. The molecule has 0 bridgehead atoms. The van der Waals surface area contributed by atoms with Crippen LogP contribution in [0.2, 0.25) is 0 Å². The second-order valence-corrected chi connectivity index (χ2v) is 10.4. The van der Waals surface area contributed by atoms with Crippen molar-refractivity contribution >= 4 is 61.5 Å². The van der Waals surface area contributed by atoms with Crippen LogP contribution in [0, 0.1) is 0 Å². The van der Waals surface area contributed by atoms with Crippen LogP contribution < -0.4 is 20.8 Å². The summed E-state index contributed by atoms with van der Waals surface area (Å²) in [5.41, 5.74) is 0. The van der Waals surface area contributed by atoms with E-state index in [1.165, 1.54) is 90.9 Å². The van der Waals surface area contributed by atoms with E-state index in [4.69, 9.17) is 0 Å². The molecule has 8 nitrogen and oxygen atoms in total. The van der Waals surface area contributed by atoms with E-state index in [0.717, 1.165) is 38.5 Å². The number of carbonyl (C=O) groups excluding carboxylic acids is 4. The normalized spacial score (nSPS) is 11.8. The predicted octanol–water partition coefficient (Wildman–Crippen LogP) is 3.94. The Morgan fingerprint density at radius 3 is 0.949 bits per heavy atom. The van der Waals surface area contributed by atoms with Crippen molar-refractivity contribution in [3.8, 4) is 0 Å². The largest absolute Gasteiger partial charge is 2.00 e. The number of carboxylic acids is 2. The Morgan fingerprint density at radius 1 is 0.487 bits per heavy atom. The molecule has 2 atom stereocenters. The van der Waals surface area contributed by atoms with E-state index in [1.54, 1.807) is 0 Å². The Labute approximate surface area is 268 Å². The molecule has 39 heavy (non-hydrogen) atoms. The van der Waals surface area contributed by atoms with Gasteiger partial charge in [0.15, 0.2) is 0 Å². The molecule has 0 aromatic rings. The molecule has 2 N–H and O–H groups in total. The quantitative estimate of drug-likeness (QED) is 0.131. The van der Waals surface area contributed by atoms with Gasteiger partial charge in [-0.3, -0.25) is 9.59 Å². The number of hydrogen-bond donors (Lipinski definition) is 2. The number of carboxylic acid groups (broad SMARTS) is 2. The fraction of sp³-hybridized carbons (Fsp3) is 0.867. The zero-order valence-corrected chi connectivity index (χ0v) is 27.7. The van der Waals surface area contributed by atoms with Gasteiger partial charge in [-0.1, -0.05) is 117 Å². The Kier molecular flexibility index (Phi) is 34.6. The van der Waals surface area contributed by atoms with E-state index < -0.39 is 24.0 Å². The Hall–Kier alpha value is -0.860. The minimum atomic E-state index is -1.24. The number of nitrogens with one attached hydrogen (secondary N) is 2. The summed E-state index contributed by atoms with van der Waals surface area (Å²) in [5.74, 6) is -2.86. The monoisotopic (exact) mass is 580 g/mol. The fourth-order valence-electron chi connectivity index (χ4n) is 3.94. The van der Waals surface area contributed by atoms with Gasteiger partial charge in [-0.2, -0.15) is 0 Å². The third-order valence-corrected chi connectivity index (χ3v) is 6.48. The van der Waals surface area contributed by atoms with Crippen molar-refractivity contribution in [1.29, 1.82) is 0 Å². The fourth-order valence-corrected chi connectivity index (χ4v) is 3.94. The molecule has 2 amide bonds. The molecule has 0 spiro atoms. The molecule has 0 aliphatic heterocycles. The van der Waals surface area contributed by atoms with Gasteiger partial charge in [0, 0.05) is 12.8 Å². The average molecular weight is 581 g/mol. The number of amides is 2. The van der Waals surface area contributed by atoms with Crippen molar-refractivity contribution < 1.29 is 29.4 Å². The average Bonchev–Trinajstić information content (AvgIpc) is 2.87. The van der Waals surface area contributed by atoms with Crippen LogP contribution in [-0.4, -0.2) is 73.6 Å². The van der Waals surface area contributed by atoms with Gasteiger partial charge in [-0.05, 0) is 26.7 Å². The molecule has 0 saturated heterocycles. The molecule has 0 saturated carbocycles. The summed E-state index contributed by atoms with van der Waals surface area (Å²) in [5, 5.41) is 25.7. The van der Waals surface area contributed by atoms with Crippen LogP contribution in [0.25, 0.3) is 0 Å². The number of carbonyl (C=O) groups is 4. The maximum absolute atomic E-state index is 11.4. The van der Waals surface area contributed by atoms with Crippen molar-refractivity contribution in [1.82, 2.24) is 10.6 Å². The molecular weight excluding hydrogens is 524 g/mol. The van der Waals surface area contributed by atoms with Crippen LogP contribution >= 0.6 is 0 Å². The van der Waals surface area contributed by atoms with Gasteiger partial charge in [0.25, 0.3) is 0 Å². The maximum atomic E-state index is 11.4. The van der Waals surface area contributed by atoms with Crippen LogP contribution in [0.4, 0.5) is 0 Å². The van der Waals surface area contributed by atoms with Gasteiger partial charge in [0.05, 0.1) is 24.0 Å². The summed E-state index contributed by atoms with van der Waals surface area (Å²) in [4.78, 5) is 43.6. The predicted molar refractivity (Wildman–Crippen MR) is 155 cm³/mol. The van der Waals surface area contributed by atoms with Crippen molar-refractivity contribution in [3.05, 3.63) is 0 Å². The van der Waals surface area contributed by atoms with Gasteiger partial charge in [-0.15, -0.1) is 0 Å². The molecule has 0 aromatic carbocycles. The van der Waals surface area contributed by atoms with Crippen molar-refractivity contribution in [2.24, 2.45) is 0 Å². The zero-order chi connectivity index (χ0) is 29.0. The van der Waals surface area contributed by atoms with E-state index in [-0.39, 0.29) is 49.6 Å². The topological polar surface area (TPSA) is 138 Å². The first-order chi connectivity index (χ1) is 18.1. The second kappa shape index (κ2) is 31.7. The second-order valence-electron chi connectivity index (χ2n) is 10.4. The van der Waals surface area contributed by atoms with Crippen molar-refractivity contribution in [3.63, 3.8) is 0 Å². The van der Waals surface area contributed by atoms with Gasteiger partial charge in [0.2, 0.25) is 11.8 Å². The number of hydrogen-bond acceptors (Lipinski definition) is 6. The summed E-state index contributed by atoms with van der Waals surface area (Å²) < 4.78 is 0. The van der Waals surface area contributed by atoms with Gasteiger partial charge in [-0.25, -0.2) is 0 Å². The first kappa shape index (κ1) is 42.6. The molecule has 0 radical (unpaired) electrons. The van der Waals surface area contributed by atoms with Gasteiger partial charge >= 0.3 is 37.7 Å². The SMILES string of the molecule is CCCCCCCCCCCC(=O)N[C@@H](C)C(=O)[O-].CCCCCCCCCCCC(=O)N[C@@H](C)C(=O)[O-].[Ca+2]. The zero-order valence-electron chi connectivity index (χ0n) is 25.5. The van der Waals surface area contributed by atoms with Gasteiger partial charge in [0.1, 0.15) is 0 Å². The first-order valence-corrected chi connectivity index (χ1v) is 15.2. The summed E-state index contributed by atoms with van der Waals surface area (Å²) >= 11 is 0. The maximum Gasteiger partial charge on any atom is 2.00 e. The number of rotatable bonds is 24. The van der Waals surface area contributed by atoms with E-state index in [2.05, 4.69) is 24.5 Å². The minimum Gasteiger partial charge on any atom is -0.548 e. The van der Waals surface area contributed by atoms with Crippen LogP contribution in [0.3, 0.4) is 0 Å². The molecule has 0 fully saturated rings. The van der Waals surface area contributed by atoms with Gasteiger partial charge < -0.3 is 30.4 Å². The van der Waals surface area contributed by atoms with Crippen LogP contribution in [0.5, 0.6) is 0 Å². The molecule has 9 heteroatoms. The molecule has 0 unspecified atom stereocenters. The molecule has 0 aliphatic carbocycles. The Bertz CT molecular complexity index is 566. The van der Waals surface area contributed by atoms with Crippen LogP contribution in [0.15, 0.2) is 0 Å². The van der Waals surface area contributed by atoms with Crippen molar-refractivity contribution in [2.75, 3.05) is 0 Å². The third-order valence-electron chi connectivity index (χ3n) is 6.48. The molecule has 0 heterocycles. The molecule has 0 aliphatic rings. The Balaban J connectivity index is -0.000000648. The number of aliphatic carboxylic acids is 2. The van der Waals surface area contributed by atoms with E-state index in [1.807, 2.05) is 0 Å². The summed E-state index contributed by atoms with van der Waals surface area (Å²) in [6.45, 7) is 7.27. The van der Waals surface area contributed by atoms with E-state index in [0.29, 0.717) is 12.8 Å². The van der Waals surface area contributed by atoms with E-state index in [9.17, 15) is 29.4 Å². The molecular formula is C30H56CaN2O6. The summed E-state index contributed by atoms with van der Waals surface area (Å²) in [6.07, 6.45) is 22.5. The van der Waals surface area contributed by atoms with Crippen LogP contribution in [0.1, 0.15) is 156 Å². The standard InChI is InChI=1S/2C15H29NO3.Ca/c2*1-3-4-5-6-7-8-9-10-11-12-14(17)16-13(2)15(18)19;/h2*13H,3-12H2,1-2H3,(H,16,17)(H,18,19);/q;;+2/p-2/t2*13-;/m00./s1. The Morgan fingerprint density at radius 2 is 0.718 bits per heavy atom. The summed E-state index contributed by atoms with van der Waals surface area (Å²) in [7, 11) is 0.